The van der Waals surface area contributed by atoms with E-state index in [1.165, 1.54) is 6.07 Å². The summed E-state index contributed by atoms with van der Waals surface area (Å²) < 4.78 is 39.6. The van der Waals surface area contributed by atoms with E-state index in [0.717, 1.165) is 18.7 Å². The summed E-state index contributed by atoms with van der Waals surface area (Å²) in [6, 6.07) is 6.42. The van der Waals surface area contributed by atoms with Crippen molar-refractivity contribution in [3.05, 3.63) is 42.5 Å². The molecule has 1 N–H and O–H groups in total. The molecule has 0 spiro atoms. The summed E-state index contributed by atoms with van der Waals surface area (Å²) in [6.07, 6.45) is 4.43. The van der Waals surface area contributed by atoms with E-state index in [1.54, 1.807) is 30.7 Å². The topological polar surface area (TPSA) is 29.9 Å². The molecule has 2 rings (SSSR count). The molecule has 0 aliphatic rings. The molecule has 0 saturated heterocycles. The Kier molecular flexibility index (Phi) is 5.17. The van der Waals surface area contributed by atoms with Crippen molar-refractivity contribution in [2.75, 3.05) is 5.32 Å². The second-order valence-electron chi connectivity index (χ2n) is 4.48. The van der Waals surface area contributed by atoms with Crippen LogP contribution in [0.1, 0.15) is 19.0 Å². The molecule has 0 aliphatic carbocycles. The molecule has 0 bridgehead atoms. The van der Waals surface area contributed by atoms with Crippen LogP contribution in [0, 0.1) is 0 Å². The van der Waals surface area contributed by atoms with Gasteiger partial charge in [-0.05, 0) is 30.3 Å². The number of aryl methyl sites for hydroxylation is 1. The smallest absolute Gasteiger partial charge is 0.378 e. The van der Waals surface area contributed by atoms with Crippen molar-refractivity contribution in [3.8, 4) is 0 Å². The lowest BCUT2D eigenvalue weighted by Crippen LogP contribution is -2.08. The Hall–Kier alpha value is -1.63. The number of nitrogens with one attached hydrogen (secondary N) is 1. The zero-order chi connectivity index (χ0) is 15.3. The van der Waals surface area contributed by atoms with E-state index in [-0.39, 0.29) is 16.7 Å². The Morgan fingerprint density at radius 1 is 1.29 bits per heavy atom. The van der Waals surface area contributed by atoms with Crippen LogP contribution in [-0.4, -0.2) is 15.1 Å². The Bertz CT molecular complexity index is 581. The minimum Gasteiger partial charge on any atom is -0.378 e. The molecule has 0 amide bonds. The molecule has 1 aromatic carbocycles. The zero-order valence-electron chi connectivity index (χ0n) is 11.5. The van der Waals surface area contributed by atoms with Gasteiger partial charge in [-0.3, -0.25) is 0 Å². The lowest BCUT2D eigenvalue weighted by molar-refractivity contribution is -0.0327. The first kappa shape index (κ1) is 15.8. The number of imidazole rings is 1. The van der Waals surface area contributed by atoms with E-state index >= 15 is 0 Å². The molecule has 21 heavy (non-hydrogen) atoms. The van der Waals surface area contributed by atoms with Crippen molar-refractivity contribution in [1.82, 2.24) is 9.55 Å². The molecule has 0 fully saturated rings. The van der Waals surface area contributed by atoms with Gasteiger partial charge in [-0.25, -0.2) is 4.98 Å². The van der Waals surface area contributed by atoms with Crippen molar-refractivity contribution in [3.63, 3.8) is 0 Å². The highest BCUT2D eigenvalue weighted by atomic mass is 32.2. The lowest BCUT2D eigenvalue weighted by Gasteiger charge is -2.13. The lowest BCUT2D eigenvalue weighted by atomic mass is 10.3. The van der Waals surface area contributed by atoms with Crippen LogP contribution in [-0.2, 0) is 13.1 Å². The Morgan fingerprint density at radius 2 is 2.05 bits per heavy atom. The van der Waals surface area contributed by atoms with Crippen molar-refractivity contribution >= 4 is 17.4 Å². The van der Waals surface area contributed by atoms with Gasteiger partial charge in [-0.15, -0.1) is 0 Å². The number of nitrogens with zero attached hydrogens (tertiary/aromatic N) is 2. The van der Waals surface area contributed by atoms with Crippen LogP contribution in [0.3, 0.4) is 0 Å². The summed E-state index contributed by atoms with van der Waals surface area (Å²) in [5.74, 6) is 0. The molecule has 3 nitrogen and oxygen atoms in total. The molecule has 7 heteroatoms. The number of aromatic nitrogens is 2. The van der Waals surface area contributed by atoms with Crippen molar-refractivity contribution < 1.29 is 13.2 Å². The monoisotopic (exact) mass is 315 g/mol. The summed E-state index contributed by atoms with van der Waals surface area (Å²) in [6.45, 7) is 3.35. The summed E-state index contributed by atoms with van der Waals surface area (Å²) in [4.78, 5) is 4.25. The molecule has 0 saturated carbocycles. The van der Waals surface area contributed by atoms with Gasteiger partial charge < -0.3 is 9.88 Å². The summed E-state index contributed by atoms with van der Waals surface area (Å²) in [7, 11) is 0. The summed E-state index contributed by atoms with van der Waals surface area (Å²) in [5, 5.41) is 3.06. The molecule has 2 aromatic rings. The second-order valence-corrected chi connectivity index (χ2v) is 5.58. The number of rotatable bonds is 6. The Balaban J connectivity index is 2.08. The van der Waals surface area contributed by atoms with Crippen molar-refractivity contribution in [2.45, 2.75) is 36.8 Å². The molecule has 0 aliphatic heterocycles. The van der Waals surface area contributed by atoms with Crippen LogP contribution < -0.4 is 5.32 Å². The van der Waals surface area contributed by atoms with Gasteiger partial charge in [0.15, 0.2) is 0 Å². The number of anilines is 1. The molecular weight excluding hydrogens is 299 g/mol. The second kappa shape index (κ2) is 6.89. The maximum atomic E-state index is 12.5. The van der Waals surface area contributed by atoms with Crippen molar-refractivity contribution in [2.24, 2.45) is 0 Å². The van der Waals surface area contributed by atoms with Crippen LogP contribution in [0.4, 0.5) is 18.9 Å². The van der Waals surface area contributed by atoms with E-state index in [9.17, 15) is 13.2 Å². The number of para-hydroxylation sites is 1. The van der Waals surface area contributed by atoms with Crippen LogP contribution in [0.25, 0.3) is 0 Å². The van der Waals surface area contributed by atoms with E-state index in [1.807, 2.05) is 4.57 Å². The highest BCUT2D eigenvalue weighted by molar-refractivity contribution is 8.00. The fourth-order valence-electron chi connectivity index (χ4n) is 1.95. The third kappa shape index (κ3) is 4.70. The molecule has 114 valence electrons. The minimum atomic E-state index is -4.29. The van der Waals surface area contributed by atoms with Gasteiger partial charge in [0.2, 0.25) is 0 Å². The van der Waals surface area contributed by atoms with E-state index in [4.69, 9.17) is 0 Å². The maximum absolute atomic E-state index is 12.5. The van der Waals surface area contributed by atoms with Gasteiger partial charge in [-0.2, -0.15) is 13.2 Å². The first-order valence-electron chi connectivity index (χ1n) is 6.57. The van der Waals surface area contributed by atoms with Crippen LogP contribution in [0.15, 0.2) is 41.7 Å². The van der Waals surface area contributed by atoms with Crippen LogP contribution in [0.5, 0.6) is 0 Å². The number of hydrogen-bond acceptors (Lipinski definition) is 3. The average molecular weight is 315 g/mol. The number of halogens is 3. The van der Waals surface area contributed by atoms with Crippen LogP contribution >= 0.6 is 11.8 Å². The Labute approximate surface area is 125 Å². The highest BCUT2D eigenvalue weighted by Crippen LogP contribution is 2.40. The number of alkyl halides is 3. The average Bonchev–Trinajstić information content (AvgIpc) is 2.84. The molecular formula is C14H16F3N3S. The van der Waals surface area contributed by atoms with E-state index < -0.39 is 5.51 Å². The van der Waals surface area contributed by atoms with E-state index in [2.05, 4.69) is 17.2 Å². The number of hydrogen-bond donors (Lipinski definition) is 1. The molecule has 0 unspecified atom stereocenters. The molecule has 1 aromatic heterocycles. The Morgan fingerprint density at radius 3 is 2.76 bits per heavy atom. The third-order valence-electron chi connectivity index (χ3n) is 2.84. The number of thioether (sulfide) groups is 1. The number of benzene rings is 1. The minimum absolute atomic E-state index is 0.106. The van der Waals surface area contributed by atoms with Gasteiger partial charge in [-0.1, -0.05) is 19.1 Å². The molecule has 0 atom stereocenters. The summed E-state index contributed by atoms with van der Waals surface area (Å²) >= 11 is -0.106. The quantitative estimate of drug-likeness (QED) is 0.795. The first-order valence-corrected chi connectivity index (χ1v) is 7.39. The maximum Gasteiger partial charge on any atom is 0.446 e. The molecule has 0 radical (unpaired) electrons. The zero-order valence-corrected chi connectivity index (χ0v) is 12.3. The SMILES string of the molecule is CCCn1cncc1CNc1ccccc1SC(F)(F)F. The van der Waals surface area contributed by atoms with Crippen molar-refractivity contribution in [1.29, 1.82) is 0 Å². The van der Waals surface area contributed by atoms with Gasteiger partial charge in [0.25, 0.3) is 0 Å². The van der Waals surface area contributed by atoms with E-state index in [0.29, 0.717) is 12.2 Å². The normalized spacial score (nSPS) is 11.6. The van der Waals surface area contributed by atoms with Gasteiger partial charge in [0.05, 0.1) is 18.6 Å². The fraction of sp³-hybridized carbons (Fsp3) is 0.357. The first-order chi connectivity index (χ1) is 9.99. The highest BCUT2D eigenvalue weighted by Gasteiger charge is 2.30. The predicted octanol–water partition coefficient (Wildman–Crippen LogP) is 4.52. The standard InChI is InChI=1S/C14H16F3N3S/c1-2-7-20-10-18-8-11(20)9-19-12-5-3-4-6-13(12)21-14(15,16)17/h3-6,8,10,19H,2,7,9H2,1H3. The molecule has 1 heterocycles. The fourth-order valence-corrected chi connectivity index (χ4v) is 2.60. The van der Waals surface area contributed by atoms with Gasteiger partial charge >= 0.3 is 5.51 Å². The van der Waals surface area contributed by atoms with Crippen LogP contribution in [0.2, 0.25) is 0 Å². The predicted molar refractivity (Wildman–Crippen MR) is 78.2 cm³/mol. The third-order valence-corrected chi connectivity index (χ3v) is 3.64. The van der Waals surface area contributed by atoms with Gasteiger partial charge in [0.1, 0.15) is 0 Å². The largest absolute Gasteiger partial charge is 0.446 e. The summed E-state index contributed by atoms with van der Waals surface area (Å²) in [5.41, 5.74) is -2.87. The van der Waals surface area contributed by atoms with Gasteiger partial charge in [0, 0.05) is 23.3 Å².